The number of anilines is 1. The second-order valence-corrected chi connectivity index (χ2v) is 6.96. The molecule has 2 N–H and O–H groups in total. The van der Waals surface area contributed by atoms with Gasteiger partial charge in [0.2, 0.25) is 5.91 Å². The predicted molar refractivity (Wildman–Crippen MR) is 96.5 cm³/mol. The predicted octanol–water partition coefficient (Wildman–Crippen LogP) is 2.14. The van der Waals surface area contributed by atoms with Gasteiger partial charge in [0, 0.05) is 36.3 Å². The van der Waals surface area contributed by atoms with Crippen molar-refractivity contribution in [2.75, 3.05) is 18.6 Å². The van der Waals surface area contributed by atoms with E-state index in [2.05, 4.69) is 15.5 Å². The van der Waals surface area contributed by atoms with Crippen LogP contribution in [0.25, 0.3) is 0 Å². The number of aromatic amines is 1. The van der Waals surface area contributed by atoms with Gasteiger partial charge in [-0.2, -0.15) is 5.10 Å². The number of aryl methyl sites for hydroxylation is 1. The fraction of sp³-hybridized carbons (Fsp3) is 0.421. The molecule has 4 rings (SSSR count). The number of hydrogen-bond donors (Lipinski definition) is 2. The van der Waals surface area contributed by atoms with Crippen LogP contribution in [0, 0.1) is 6.92 Å². The van der Waals surface area contributed by atoms with Crippen molar-refractivity contribution in [3.63, 3.8) is 0 Å². The normalized spacial score (nSPS) is 19.7. The van der Waals surface area contributed by atoms with Crippen molar-refractivity contribution in [2.24, 2.45) is 0 Å². The minimum Gasteiger partial charge on any atom is -0.497 e. The van der Waals surface area contributed by atoms with Gasteiger partial charge in [-0.15, -0.1) is 0 Å². The molecular weight excluding hydrogens is 332 g/mol. The van der Waals surface area contributed by atoms with Gasteiger partial charge >= 0.3 is 0 Å². The molecule has 1 atom stereocenters. The maximum atomic E-state index is 12.8. The van der Waals surface area contributed by atoms with Crippen molar-refractivity contribution in [2.45, 2.75) is 38.1 Å². The summed E-state index contributed by atoms with van der Waals surface area (Å²) in [6, 6.07) is 7.17. The van der Waals surface area contributed by atoms with Crippen LogP contribution >= 0.6 is 0 Å². The third-order valence-corrected chi connectivity index (χ3v) is 4.99. The Morgan fingerprint density at radius 3 is 2.92 bits per heavy atom. The Balaban J connectivity index is 1.47. The number of H-pyrrole nitrogens is 1. The molecule has 1 saturated carbocycles. The first kappa shape index (κ1) is 16.6. The molecule has 2 aromatic rings. The lowest BCUT2D eigenvalue weighted by Gasteiger charge is -2.18. The van der Waals surface area contributed by atoms with E-state index in [9.17, 15) is 9.59 Å². The van der Waals surface area contributed by atoms with Crippen LogP contribution in [-0.2, 0) is 4.79 Å². The first-order valence-corrected chi connectivity index (χ1v) is 8.87. The van der Waals surface area contributed by atoms with Crippen molar-refractivity contribution < 1.29 is 14.3 Å². The van der Waals surface area contributed by atoms with Crippen LogP contribution < -0.4 is 15.0 Å². The summed E-state index contributed by atoms with van der Waals surface area (Å²) in [6.45, 7) is 2.31. The average Bonchev–Trinajstić information content (AvgIpc) is 3.31. The first-order chi connectivity index (χ1) is 12.6. The quantitative estimate of drug-likeness (QED) is 0.861. The molecule has 1 saturated heterocycles. The maximum Gasteiger partial charge on any atom is 0.255 e. The van der Waals surface area contributed by atoms with Crippen molar-refractivity contribution in [1.82, 2.24) is 15.5 Å². The van der Waals surface area contributed by atoms with E-state index in [-0.39, 0.29) is 17.9 Å². The van der Waals surface area contributed by atoms with E-state index in [1.807, 2.05) is 31.2 Å². The highest BCUT2D eigenvalue weighted by Gasteiger charge is 2.35. The van der Waals surface area contributed by atoms with Crippen LogP contribution in [0.2, 0.25) is 0 Å². The fourth-order valence-corrected chi connectivity index (χ4v) is 3.48. The summed E-state index contributed by atoms with van der Waals surface area (Å²) in [5, 5.41) is 10.2. The highest BCUT2D eigenvalue weighted by molar-refractivity contribution is 6.00. The first-order valence-electron chi connectivity index (χ1n) is 8.87. The Labute approximate surface area is 151 Å². The van der Waals surface area contributed by atoms with Gasteiger partial charge in [0.05, 0.1) is 24.4 Å². The highest BCUT2D eigenvalue weighted by Crippen LogP contribution is 2.41. The summed E-state index contributed by atoms with van der Waals surface area (Å²) >= 11 is 0. The van der Waals surface area contributed by atoms with Gasteiger partial charge in [0.1, 0.15) is 5.75 Å². The number of ether oxygens (including phenoxy) is 1. The number of methoxy groups -OCH3 is 1. The van der Waals surface area contributed by atoms with Crippen molar-refractivity contribution in [1.29, 1.82) is 0 Å². The van der Waals surface area contributed by atoms with Crippen LogP contribution in [0.1, 0.15) is 46.9 Å². The van der Waals surface area contributed by atoms with Crippen LogP contribution in [0.15, 0.2) is 24.3 Å². The van der Waals surface area contributed by atoms with E-state index >= 15 is 0 Å². The molecule has 7 heteroatoms. The summed E-state index contributed by atoms with van der Waals surface area (Å²) in [4.78, 5) is 26.9. The second-order valence-electron chi connectivity index (χ2n) is 6.96. The number of carbonyl (C=O) groups is 2. The summed E-state index contributed by atoms with van der Waals surface area (Å²) in [7, 11) is 1.60. The molecule has 2 amide bonds. The molecule has 0 radical (unpaired) electrons. The minimum absolute atomic E-state index is 0.00474. The third kappa shape index (κ3) is 3.05. The number of carbonyl (C=O) groups excluding carboxylic acids is 2. The van der Waals surface area contributed by atoms with Crippen LogP contribution in [0.4, 0.5) is 5.69 Å². The molecule has 1 aliphatic carbocycles. The molecule has 1 aliphatic heterocycles. The highest BCUT2D eigenvalue weighted by atomic mass is 16.5. The largest absolute Gasteiger partial charge is 0.497 e. The van der Waals surface area contributed by atoms with Gasteiger partial charge in [-0.05, 0) is 31.9 Å². The third-order valence-electron chi connectivity index (χ3n) is 4.99. The summed E-state index contributed by atoms with van der Waals surface area (Å²) in [6.07, 6.45) is 2.45. The zero-order valence-electron chi connectivity index (χ0n) is 14.9. The zero-order valence-corrected chi connectivity index (χ0v) is 14.9. The summed E-state index contributed by atoms with van der Waals surface area (Å²) < 4.78 is 5.23. The molecule has 0 unspecified atom stereocenters. The number of aromatic nitrogens is 2. The smallest absolute Gasteiger partial charge is 0.255 e. The summed E-state index contributed by atoms with van der Waals surface area (Å²) in [5.74, 6) is 0.934. The standard InChI is InChI=1S/C19H22N4O3/c1-11-17(18(22-21-11)12-6-7-12)19(25)20-13-8-16(24)23(10-13)14-4-3-5-15(9-14)26-2/h3-5,9,12-13H,6-8,10H2,1-2H3,(H,20,25)(H,21,22)/t13-/m1/s1. The molecule has 136 valence electrons. The lowest BCUT2D eigenvalue weighted by Crippen LogP contribution is -2.37. The van der Waals surface area contributed by atoms with Gasteiger partial charge in [-0.3, -0.25) is 14.7 Å². The average molecular weight is 354 g/mol. The van der Waals surface area contributed by atoms with Gasteiger partial charge in [0.15, 0.2) is 0 Å². The Hall–Kier alpha value is -2.83. The van der Waals surface area contributed by atoms with Crippen LogP contribution in [0.5, 0.6) is 5.75 Å². The molecule has 0 bridgehead atoms. The van der Waals surface area contributed by atoms with Crippen molar-refractivity contribution >= 4 is 17.5 Å². The van der Waals surface area contributed by atoms with Gasteiger partial charge in [-0.25, -0.2) is 0 Å². The van der Waals surface area contributed by atoms with E-state index in [1.165, 1.54) is 0 Å². The molecule has 7 nitrogen and oxygen atoms in total. The van der Waals surface area contributed by atoms with Gasteiger partial charge < -0.3 is 15.0 Å². The molecule has 2 fully saturated rings. The van der Waals surface area contributed by atoms with E-state index < -0.39 is 0 Å². The summed E-state index contributed by atoms with van der Waals surface area (Å²) in [5.41, 5.74) is 3.05. The molecule has 1 aromatic heterocycles. The van der Waals surface area contributed by atoms with Crippen LogP contribution in [0.3, 0.4) is 0 Å². The topological polar surface area (TPSA) is 87.3 Å². The molecule has 1 aromatic carbocycles. The number of rotatable bonds is 5. The lowest BCUT2D eigenvalue weighted by molar-refractivity contribution is -0.117. The Bertz CT molecular complexity index is 856. The number of amides is 2. The second kappa shape index (κ2) is 6.48. The SMILES string of the molecule is COc1cccc(N2C[C@H](NC(=O)c3c(C4CC4)n[nH]c3C)CC2=O)c1. The van der Waals surface area contributed by atoms with Gasteiger partial charge in [-0.1, -0.05) is 6.07 Å². The Morgan fingerprint density at radius 2 is 2.19 bits per heavy atom. The molecule has 26 heavy (non-hydrogen) atoms. The molecule has 2 aliphatic rings. The Morgan fingerprint density at radius 1 is 1.38 bits per heavy atom. The number of nitrogens with one attached hydrogen (secondary N) is 2. The molecule has 0 spiro atoms. The fourth-order valence-electron chi connectivity index (χ4n) is 3.48. The van der Waals surface area contributed by atoms with E-state index in [1.54, 1.807) is 12.0 Å². The minimum atomic E-state index is -0.220. The Kier molecular flexibility index (Phi) is 4.14. The van der Waals surface area contributed by atoms with E-state index in [4.69, 9.17) is 4.74 Å². The van der Waals surface area contributed by atoms with Gasteiger partial charge in [0.25, 0.3) is 5.91 Å². The zero-order chi connectivity index (χ0) is 18.3. The number of nitrogens with zero attached hydrogens (tertiary/aromatic N) is 2. The van der Waals surface area contributed by atoms with Crippen molar-refractivity contribution in [3.05, 3.63) is 41.2 Å². The molecule has 2 heterocycles. The van der Waals surface area contributed by atoms with E-state index in [0.29, 0.717) is 30.2 Å². The lowest BCUT2D eigenvalue weighted by atomic mass is 10.1. The van der Waals surface area contributed by atoms with Crippen LogP contribution in [-0.4, -0.2) is 41.7 Å². The van der Waals surface area contributed by atoms with Crippen molar-refractivity contribution in [3.8, 4) is 5.75 Å². The maximum absolute atomic E-state index is 12.8. The number of hydrogen-bond acceptors (Lipinski definition) is 4. The number of benzene rings is 1. The van der Waals surface area contributed by atoms with E-state index in [0.717, 1.165) is 29.9 Å². The monoisotopic (exact) mass is 354 g/mol. The molecular formula is C19H22N4O3.